The third kappa shape index (κ3) is 8.05. The highest BCUT2D eigenvalue weighted by Gasteiger charge is 2.33. The van der Waals surface area contributed by atoms with E-state index in [1.165, 1.54) is 39.5 Å². The van der Waals surface area contributed by atoms with E-state index in [0.717, 1.165) is 63.1 Å². The van der Waals surface area contributed by atoms with Crippen molar-refractivity contribution in [2.45, 2.75) is 63.9 Å². The van der Waals surface area contributed by atoms with Crippen LogP contribution in [0, 0.1) is 5.82 Å². The first-order chi connectivity index (χ1) is 21.0. The van der Waals surface area contributed by atoms with Gasteiger partial charge in [-0.05, 0) is 77.9 Å². The summed E-state index contributed by atoms with van der Waals surface area (Å²) >= 11 is 0. The summed E-state index contributed by atoms with van der Waals surface area (Å²) in [5, 5.41) is 1.02. The van der Waals surface area contributed by atoms with Gasteiger partial charge in [0.05, 0.1) is 0 Å². The van der Waals surface area contributed by atoms with Crippen LogP contribution in [0.2, 0.25) is 0 Å². The van der Waals surface area contributed by atoms with E-state index < -0.39 is 0 Å². The average Bonchev–Trinajstić information content (AvgIpc) is 3.03. The fourth-order valence-corrected chi connectivity index (χ4v) is 8.22. The van der Waals surface area contributed by atoms with Crippen LogP contribution < -0.4 is 14.9 Å². The third-order valence-electron chi connectivity index (χ3n) is 8.45. The Hall–Kier alpha value is -3.20. The standard InChI is InChI=1S/C38H45FNO2P/c1-4-20-38(2,43-36-19-18-33(39)27-35(36)40-21-12-7-13-22-40)34-26-31(23-29-14-8-5-9-15-29)25-32(37(34)42-28-41-3)24-30-16-10-6-11-17-30/h5-6,8-11,14-19,25-27,43H,4,7,12-13,20-24,28H2,1-3H3. The van der Waals surface area contributed by atoms with Gasteiger partial charge in [-0.25, -0.2) is 4.39 Å². The van der Waals surface area contributed by atoms with Crippen LogP contribution in [0.15, 0.2) is 91.0 Å². The van der Waals surface area contributed by atoms with Crippen LogP contribution in [0.3, 0.4) is 0 Å². The zero-order valence-electron chi connectivity index (χ0n) is 25.9. The van der Waals surface area contributed by atoms with Crippen molar-refractivity contribution in [1.29, 1.82) is 0 Å². The molecule has 1 aliphatic rings. The Balaban J connectivity index is 1.64. The van der Waals surface area contributed by atoms with Crippen molar-refractivity contribution >= 4 is 19.6 Å². The average molecular weight is 598 g/mol. The molecule has 1 fully saturated rings. The van der Waals surface area contributed by atoms with Crippen molar-refractivity contribution < 1.29 is 13.9 Å². The summed E-state index contributed by atoms with van der Waals surface area (Å²) in [6, 6.07) is 31.4. The number of hydrogen-bond donors (Lipinski definition) is 0. The van der Waals surface area contributed by atoms with Gasteiger partial charge in [0, 0.05) is 43.0 Å². The van der Waals surface area contributed by atoms with E-state index in [1.54, 1.807) is 19.2 Å². The van der Waals surface area contributed by atoms with Gasteiger partial charge in [0.2, 0.25) is 0 Å². The van der Waals surface area contributed by atoms with Crippen molar-refractivity contribution in [2.24, 2.45) is 0 Å². The molecule has 3 nitrogen and oxygen atoms in total. The minimum Gasteiger partial charge on any atom is -0.467 e. The molecule has 0 radical (unpaired) electrons. The second-order valence-electron chi connectivity index (χ2n) is 11.9. The molecule has 0 N–H and O–H groups in total. The summed E-state index contributed by atoms with van der Waals surface area (Å²) in [4.78, 5) is 2.40. The molecule has 4 aromatic carbocycles. The summed E-state index contributed by atoms with van der Waals surface area (Å²) < 4.78 is 26.6. The molecule has 43 heavy (non-hydrogen) atoms. The van der Waals surface area contributed by atoms with Gasteiger partial charge in [-0.3, -0.25) is 0 Å². The summed E-state index contributed by atoms with van der Waals surface area (Å²) in [7, 11) is 2.13. The van der Waals surface area contributed by atoms with E-state index in [0.29, 0.717) is 8.58 Å². The number of rotatable bonds is 13. The number of methoxy groups -OCH3 is 1. The fourth-order valence-electron chi connectivity index (χ4n) is 6.40. The maximum atomic E-state index is 14.7. The van der Waals surface area contributed by atoms with Gasteiger partial charge >= 0.3 is 0 Å². The van der Waals surface area contributed by atoms with E-state index in [9.17, 15) is 4.39 Å². The van der Waals surface area contributed by atoms with Crippen molar-refractivity contribution in [3.63, 3.8) is 0 Å². The molecule has 2 unspecified atom stereocenters. The van der Waals surface area contributed by atoms with Crippen LogP contribution in [0.25, 0.3) is 0 Å². The van der Waals surface area contributed by atoms with Crippen LogP contribution in [0.1, 0.15) is 73.8 Å². The molecule has 0 aliphatic carbocycles. The number of halogens is 1. The van der Waals surface area contributed by atoms with E-state index in [2.05, 4.69) is 91.5 Å². The molecule has 0 bridgehead atoms. The molecule has 226 valence electrons. The Morgan fingerprint density at radius 3 is 2.14 bits per heavy atom. The zero-order valence-corrected chi connectivity index (χ0v) is 26.9. The van der Waals surface area contributed by atoms with Gasteiger partial charge < -0.3 is 14.4 Å². The van der Waals surface area contributed by atoms with E-state index >= 15 is 0 Å². The minimum atomic E-state index is -0.210. The van der Waals surface area contributed by atoms with Gasteiger partial charge in [-0.15, -0.1) is 0 Å². The number of piperidine rings is 1. The topological polar surface area (TPSA) is 21.7 Å². The number of benzene rings is 4. The lowest BCUT2D eigenvalue weighted by Gasteiger charge is -2.36. The first-order valence-corrected chi connectivity index (χ1v) is 16.7. The quantitative estimate of drug-likeness (QED) is 0.113. The van der Waals surface area contributed by atoms with E-state index in [4.69, 9.17) is 9.47 Å². The molecular weight excluding hydrogens is 552 g/mol. The van der Waals surface area contributed by atoms with Gasteiger partial charge in [-0.2, -0.15) is 0 Å². The molecule has 0 aromatic heterocycles. The smallest absolute Gasteiger partial charge is 0.188 e. The predicted octanol–water partition coefficient (Wildman–Crippen LogP) is 9.00. The lowest BCUT2D eigenvalue weighted by molar-refractivity contribution is 0.0493. The molecule has 5 heteroatoms. The van der Waals surface area contributed by atoms with E-state index in [1.807, 2.05) is 6.07 Å². The maximum absolute atomic E-state index is 14.7. The highest BCUT2D eigenvalue weighted by atomic mass is 31.1. The van der Waals surface area contributed by atoms with Crippen molar-refractivity contribution in [1.82, 2.24) is 0 Å². The maximum Gasteiger partial charge on any atom is 0.188 e. The highest BCUT2D eigenvalue weighted by Crippen LogP contribution is 2.51. The molecule has 2 atom stereocenters. The van der Waals surface area contributed by atoms with Crippen LogP contribution in [0.5, 0.6) is 5.75 Å². The first-order valence-electron chi connectivity index (χ1n) is 15.7. The second-order valence-corrected chi connectivity index (χ2v) is 13.8. The van der Waals surface area contributed by atoms with Crippen molar-refractivity contribution in [3.05, 3.63) is 125 Å². The molecule has 0 amide bonds. The Morgan fingerprint density at radius 2 is 1.49 bits per heavy atom. The van der Waals surface area contributed by atoms with E-state index in [-0.39, 0.29) is 17.8 Å². The summed E-state index contributed by atoms with van der Waals surface area (Å²) in [5.41, 5.74) is 7.27. The van der Waals surface area contributed by atoms with Crippen LogP contribution in [-0.4, -0.2) is 27.0 Å². The molecular formula is C38H45FNO2P. The third-order valence-corrected chi connectivity index (χ3v) is 10.2. The molecule has 0 spiro atoms. The second kappa shape index (κ2) is 15.0. The zero-order chi connectivity index (χ0) is 30.1. The molecule has 0 saturated carbocycles. The number of anilines is 1. The van der Waals surface area contributed by atoms with Crippen molar-refractivity contribution in [2.75, 3.05) is 31.9 Å². The minimum absolute atomic E-state index is 0.162. The molecule has 1 aliphatic heterocycles. The summed E-state index contributed by atoms with van der Waals surface area (Å²) in [6.07, 6.45) is 7.21. The van der Waals surface area contributed by atoms with Gasteiger partial charge in [-0.1, -0.05) is 102 Å². The van der Waals surface area contributed by atoms with Crippen LogP contribution in [0.4, 0.5) is 10.1 Å². The van der Waals surface area contributed by atoms with Gasteiger partial charge in [0.25, 0.3) is 0 Å². The number of hydrogen-bond acceptors (Lipinski definition) is 3. The monoisotopic (exact) mass is 597 g/mol. The first kappa shape index (κ1) is 31.2. The normalized spacial score (nSPS) is 15.1. The Bertz CT molecular complexity index is 1460. The summed E-state index contributed by atoms with van der Waals surface area (Å²) in [5.74, 6) is 0.762. The van der Waals surface area contributed by atoms with Gasteiger partial charge in [0.15, 0.2) is 6.79 Å². The van der Waals surface area contributed by atoms with Gasteiger partial charge in [0.1, 0.15) is 11.6 Å². The Labute approximate surface area is 259 Å². The predicted molar refractivity (Wildman–Crippen MR) is 180 cm³/mol. The highest BCUT2D eigenvalue weighted by molar-refractivity contribution is 7.49. The van der Waals surface area contributed by atoms with Crippen LogP contribution >= 0.6 is 8.58 Å². The Kier molecular flexibility index (Phi) is 10.9. The lowest BCUT2D eigenvalue weighted by atomic mass is 9.88. The molecule has 1 saturated heterocycles. The molecule has 5 rings (SSSR count). The largest absolute Gasteiger partial charge is 0.467 e. The van der Waals surface area contributed by atoms with Crippen LogP contribution in [-0.2, 0) is 22.7 Å². The molecule has 4 aromatic rings. The SMILES string of the molecule is CCCC(C)(Pc1ccc(F)cc1N1CCCCC1)c1cc(Cc2ccccc2)cc(Cc2ccccc2)c1OCOC. The fraction of sp³-hybridized carbons (Fsp3) is 0.368. The number of nitrogens with zero attached hydrogens (tertiary/aromatic N) is 1. The Morgan fingerprint density at radius 1 is 0.814 bits per heavy atom. The summed E-state index contributed by atoms with van der Waals surface area (Å²) in [6.45, 7) is 6.80. The van der Waals surface area contributed by atoms with Crippen molar-refractivity contribution in [3.8, 4) is 5.75 Å². The molecule has 1 heterocycles. The number of ether oxygens (including phenoxy) is 2. The lowest BCUT2D eigenvalue weighted by Crippen LogP contribution is -2.33.